The SMILES string of the molecule is COc1ccc(COc2cc(C)c3c(c2)O/C(=C\c2ccccc2Cl)C3=O)cc1. The maximum atomic E-state index is 12.8. The number of hydrogen-bond acceptors (Lipinski definition) is 4. The number of benzene rings is 3. The molecule has 0 N–H and O–H groups in total. The van der Waals surface area contributed by atoms with Gasteiger partial charge in [-0.2, -0.15) is 0 Å². The van der Waals surface area contributed by atoms with Crippen molar-refractivity contribution in [2.75, 3.05) is 7.11 Å². The van der Waals surface area contributed by atoms with Crippen LogP contribution in [0.25, 0.3) is 6.08 Å². The number of aryl methyl sites for hydroxylation is 1. The van der Waals surface area contributed by atoms with Crippen molar-refractivity contribution in [2.24, 2.45) is 0 Å². The molecule has 3 aromatic carbocycles. The lowest BCUT2D eigenvalue weighted by Gasteiger charge is -2.09. The van der Waals surface area contributed by atoms with Crippen LogP contribution in [0, 0.1) is 6.92 Å². The number of rotatable bonds is 5. The molecule has 0 spiro atoms. The first-order chi connectivity index (χ1) is 14.0. The van der Waals surface area contributed by atoms with Gasteiger partial charge in [-0.05, 0) is 54.0 Å². The van der Waals surface area contributed by atoms with E-state index >= 15 is 0 Å². The second kappa shape index (κ2) is 8.02. The zero-order chi connectivity index (χ0) is 20.4. The Morgan fingerprint density at radius 2 is 1.79 bits per heavy atom. The van der Waals surface area contributed by atoms with E-state index in [0.717, 1.165) is 22.4 Å². The molecule has 0 saturated carbocycles. The van der Waals surface area contributed by atoms with Gasteiger partial charge in [0.25, 0.3) is 0 Å². The molecular weight excluding hydrogens is 388 g/mol. The zero-order valence-corrected chi connectivity index (χ0v) is 16.8. The first kappa shape index (κ1) is 19.1. The van der Waals surface area contributed by atoms with Gasteiger partial charge in [-0.15, -0.1) is 0 Å². The summed E-state index contributed by atoms with van der Waals surface area (Å²) in [5.74, 6) is 2.04. The number of carbonyl (C=O) groups excluding carboxylic acids is 1. The van der Waals surface area contributed by atoms with Gasteiger partial charge in [0.1, 0.15) is 23.9 Å². The van der Waals surface area contributed by atoms with Crippen LogP contribution >= 0.6 is 11.6 Å². The summed E-state index contributed by atoms with van der Waals surface area (Å²) in [6.45, 7) is 2.28. The molecule has 5 heteroatoms. The minimum Gasteiger partial charge on any atom is -0.497 e. The largest absolute Gasteiger partial charge is 0.497 e. The third-order valence-electron chi connectivity index (χ3n) is 4.70. The van der Waals surface area contributed by atoms with E-state index < -0.39 is 0 Å². The fourth-order valence-electron chi connectivity index (χ4n) is 3.18. The van der Waals surface area contributed by atoms with Gasteiger partial charge < -0.3 is 14.2 Å². The highest BCUT2D eigenvalue weighted by molar-refractivity contribution is 6.32. The first-order valence-electron chi connectivity index (χ1n) is 9.14. The maximum absolute atomic E-state index is 12.8. The molecule has 1 aliphatic heterocycles. The summed E-state index contributed by atoms with van der Waals surface area (Å²) in [6, 6.07) is 18.6. The van der Waals surface area contributed by atoms with E-state index in [9.17, 15) is 4.79 Å². The van der Waals surface area contributed by atoms with Gasteiger partial charge in [0.2, 0.25) is 5.78 Å². The first-order valence-corrected chi connectivity index (χ1v) is 9.52. The highest BCUT2D eigenvalue weighted by Crippen LogP contribution is 2.38. The smallest absolute Gasteiger partial charge is 0.232 e. The molecule has 0 fully saturated rings. The maximum Gasteiger partial charge on any atom is 0.232 e. The highest BCUT2D eigenvalue weighted by Gasteiger charge is 2.30. The van der Waals surface area contributed by atoms with Gasteiger partial charge in [0, 0.05) is 11.1 Å². The van der Waals surface area contributed by atoms with Crippen LogP contribution in [0.5, 0.6) is 17.2 Å². The molecule has 4 nitrogen and oxygen atoms in total. The molecule has 1 aliphatic rings. The van der Waals surface area contributed by atoms with Crippen molar-refractivity contribution in [1.82, 2.24) is 0 Å². The van der Waals surface area contributed by atoms with E-state index in [4.69, 9.17) is 25.8 Å². The Balaban J connectivity index is 1.55. The second-order valence-corrected chi connectivity index (χ2v) is 7.12. The van der Waals surface area contributed by atoms with E-state index in [1.165, 1.54) is 0 Å². The van der Waals surface area contributed by atoms with Crippen LogP contribution in [0.1, 0.15) is 27.0 Å². The Labute approximate surface area is 174 Å². The van der Waals surface area contributed by atoms with Crippen molar-refractivity contribution < 1.29 is 19.0 Å². The van der Waals surface area contributed by atoms with Crippen molar-refractivity contribution in [3.05, 3.63) is 93.7 Å². The Morgan fingerprint density at radius 3 is 2.52 bits per heavy atom. The summed E-state index contributed by atoms with van der Waals surface area (Å²) < 4.78 is 16.9. The van der Waals surface area contributed by atoms with Crippen molar-refractivity contribution in [2.45, 2.75) is 13.5 Å². The number of methoxy groups -OCH3 is 1. The molecule has 1 heterocycles. The summed E-state index contributed by atoms with van der Waals surface area (Å²) in [4.78, 5) is 12.8. The molecule has 4 rings (SSSR count). The lowest BCUT2D eigenvalue weighted by Crippen LogP contribution is -2.00. The third-order valence-corrected chi connectivity index (χ3v) is 5.04. The monoisotopic (exact) mass is 406 g/mol. The van der Waals surface area contributed by atoms with Crippen molar-refractivity contribution >= 4 is 23.5 Å². The predicted octanol–water partition coefficient (Wildman–Crippen LogP) is 5.85. The Hall–Kier alpha value is -3.24. The van der Waals surface area contributed by atoms with E-state index in [-0.39, 0.29) is 11.5 Å². The average Bonchev–Trinajstić information content (AvgIpc) is 3.04. The van der Waals surface area contributed by atoms with Crippen molar-refractivity contribution in [3.63, 3.8) is 0 Å². The molecule has 146 valence electrons. The summed E-state index contributed by atoms with van der Waals surface area (Å²) in [5, 5.41) is 0.563. The van der Waals surface area contributed by atoms with Gasteiger partial charge in [-0.25, -0.2) is 0 Å². The molecule has 0 bridgehead atoms. The van der Waals surface area contributed by atoms with E-state index in [1.807, 2.05) is 55.5 Å². The molecule has 0 atom stereocenters. The zero-order valence-electron chi connectivity index (χ0n) is 16.1. The third kappa shape index (κ3) is 3.98. The highest BCUT2D eigenvalue weighted by atomic mass is 35.5. The van der Waals surface area contributed by atoms with Gasteiger partial charge in [0.15, 0.2) is 5.76 Å². The number of ketones is 1. The molecule has 3 aromatic rings. The van der Waals surface area contributed by atoms with E-state index in [2.05, 4.69) is 0 Å². The van der Waals surface area contributed by atoms with Crippen molar-refractivity contribution in [3.8, 4) is 17.2 Å². The fraction of sp³-hybridized carbons (Fsp3) is 0.125. The van der Waals surface area contributed by atoms with Crippen LogP contribution in [-0.2, 0) is 6.61 Å². The van der Waals surface area contributed by atoms with Gasteiger partial charge >= 0.3 is 0 Å². The van der Waals surface area contributed by atoms with Gasteiger partial charge in [-0.3, -0.25) is 4.79 Å². The van der Waals surface area contributed by atoms with E-state index in [0.29, 0.717) is 28.7 Å². The summed E-state index contributed by atoms with van der Waals surface area (Å²) in [6.07, 6.45) is 1.67. The van der Waals surface area contributed by atoms with Crippen LogP contribution in [0.2, 0.25) is 5.02 Å². The molecule has 0 saturated heterocycles. The normalized spacial score (nSPS) is 13.9. The minimum absolute atomic E-state index is 0.154. The predicted molar refractivity (Wildman–Crippen MR) is 113 cm³/mol. The number of allylic oxidation sites excluding steroid dienone is 1. The number of Topliss-reactive ketones (excluding diaryl/α,β-unsaturated/α-hetero) is 1. The molecule has 0 aliphatic carbocycles. The number of ether oxygens (including phenoxy) is 3. The molecule has 0 aromatic heterocycles. The number of carbonyl (C=O) groups is 1. The lowest BCUT2D eigenvalue weighted by atomic mass is 10.0. The molecule has 0 amide bonds. The molecule has 0 unspecified atom stereocenters. The average molecular weight is 407 g/mol. The number of hydrogen-bond donors (Lipinski definition) is 0. The van der Waals surface area contributed by atoms with Crippen molar-refractivity contribution in [1.29, 1.82) is 0 Å². The van der Waals surface area contributed by atoms with E-state index in [1.54, 1.807) is 25.3 Å². The second-order valence-electron chi connectivity index (χ2n) is 6.71. The Bertz CT molecular complexity index is 1100. The standard InChI is InChI=1S/C24H19ClO4/c1-15-11-19(28-14-16-7-9-18(27-2)10-8-16)13-21-23(15)24(26)22(29-21)12-17-5-3-4-6-20(17)25/h3-13H,14H2,1-2H3/b22-12-. The van der Waals surface area contributed by atoms with Gasteiger partial charge in [-0.1, -0.05) is 41.9 Å². The summed E-state index contributed by atoms with van der Waals surface area (Å²) >= 11 is 6.20. The lowest BCUT2D eigenvalue weighted by molar-refractivity contribution is 0.101. The quantitative estimate of drug-likeness (QED) is 0.498. The number of halogens is 1. The van der Waals surface area contributed by atoms with Crippen LogP contribution in [0.4, 0.5) is 0 Å². The van der Waals surface area contributed by atoms with Gasteiger partial charge in [0.05, 0.1) is 12.7 Å². The van der Waals surface area contributed by atoms with Crippen LogP contribution in [0.15, 0.2) is 66.4 Å². The number of fused-ring (bicyclic) bond motifs is 1. The summed E-state index contributed by atoms with van der Waals surface area (Å²) in [5.41, 5.74) is 3.11. The summed E-state index contributed by atoms with van der Waals surface area (Å²) in [7, 11) is 1.63. The molecular formula is C24H19ClO4. The minimum atomic E-state index is -0.154. The molecule has 29 heavy (non-hydrogen) atoms. The fourth-order valence-corrected chi connectivity index (χ4v) is 3.37. The molecule has 0 radical (unpaired) electrons. The van der Waals surface area contributed by atoms with Crippen LogP contribution in [0.3, 0.4) is 0 Å². The topological polar surface area (TPSA) is 44.8 Å². The Morgan fingerprint density at radius 1 is 1.03 bits per heavy atom. The Kier molecular flexibility index (Phi) is 5.28. The van der Waals surface area contributed by atoms with Crippen LogP contribution in [-0.4, -0.2) is 12.9 Å². The van der Waals surface area contributed by atoms with Crippen LogP contribution < -0.4 is 14.2 Å².